The lowest BCUT2D eigenvalue weighted by Crippen LogP contribution is -2.27. The van der Waals surface area contributed by atoms with E-state index in [9.17, 15) is 9.59 Å². The number of carbonyl (C=O) groups is 1. The van der Waals surface area contributed by atoms with Crippen molar-refractivity contribution in [2.45, 2.75) is 27.3 Å². The highest BCUT2D eigenvalue weighted by Gasteiger charge is 2.08. The van der Waals surface area contributed by atoms with Crippen LogP contribution in [0.1, 0.15) is 19.4 Å². The molecule has 1 N–H and O–H groups in total. The Morgan fingerprint density at radius 2 is 1.69 bits per heavy atom. The van der Waals surface area contributed by atoms with Crippen LogP contribution in [-0.4, -0.2) is 28.5 Å². The van der Waals surface area contributed by atoms with Crippen LogP contribution in [0.2, 0.25) is 0 Å². The zero-order valence-electron chi connectivity index (χ0n) is 17.1. The van der Waals surface area contributed by atoms with Gasteiger partial charge >= 0.3 is 0 Å². The van der Waals surface area contributed by atoms with Gasteiger partial charge in [0.05, 0.1) is 12.0 Å². The maximum Gasteiger partial charge on any atom is 0.254 e. The minimum atomic E-state index is -0.271. The Hall–Kier alpha value is -3.41. The van der Waals surface area contributed by atoms with Crippen molar-refractivity contribution in [1.29, 1.82) is 0 Å². The molecule has 6 nitrogen and oxygen atoms in total. The van der Waals surface area contributed by atoms with Gasteiger partial charge in [0.1, 0.15) is 6.54 Å². The normalized spacial score (nSPS) is 10.6. The zero-order valence-corrected chi connectivity index (χ0v) is 17.1. The Labute approximate surface area is 170 Å². The molecule has 1 amide bonds. The quantitative estimate of drug-likeness (QED) is 0.668. The number of benzene rings is 2. The van der Waals surface area contributed by atoms with Crippen molar-refractivity contribution < 1.29 is 4.79 Å². The lowest BCUT2D eigenvalue weighted by atomic mass is 10.1. The number of carbonyl (C=O) groups excluding carboxylic acids is 1. The first kappa shape index (κ1) is 20.3. The number of rotatable bonds is 7. The number of nitrogens with zero attached hydrogens (tertiary/aromatic N) is 3. The molecule has 150 valence electrons. The van der Waals surface area contributed by atoms with E-state index in [0.29, 0.717) is 11.4 Å². The molecular formula is C23H26N4O2. The molecule has 0 bridgehead atoms. The summed E-state index contributed by atoms with van der Waals surface area (Å²) in [5, 5.41) is 2.83. The van der Waals surface area contributed by atoms with E-state index in [0.717, 1.165) is 29.9 Å². The molecule has 29 heavy (non-hydrogen) atoms. The Morgan fingerprint density at radius 3 is 2.28 bits per heavy atom. The predicted octanol–water partition coefficient (Wildman–Crippen LogP) is 3.70. The van der Waals surface area contributed by atoms with E-state index in [1.165, 1.54) is 17.0 Å². The van der Waals surface area contributed by atoms with E-state index < -0.39 is 0 Å². The minimum absolute atomic E-state index is 0.0855. The molecule has 3 aromatic rings. The summed E-state index contributed by atoms with van der Waals surface area (Å²) in [7, 11) is 0. The molecule has 0 spiro atoms. The maximum absolute atomic E-state index is 12.4. The molecule has 0 saturated heterocycles. The van der Waals surface area contributed by atoms with Crippen LogP contribution >= 0.6 is 0 Å². The van der Waals surface area contributed by atoms with Gasteiger partial charge in [-0.3, -0.25) is 14.2 Å². The lowest BCUT2D eigenvalue weighted by Gasteiger charge is -2.21. The van der Waals surface area contributed by atoms with Gasteiger partial charge in [-0.15, -0.1) is 0 Å². The first-order chi connectivity index (χ1) is 14.0. The number of nitrogens with one attached hydrogen (secondary N) is 1. The fourth-order valence-electron chi connectivity index (χ4n) is 3.13. The highest BCUT2D eigenvalue weighted by Crippen LogP contribution is 2.18. The van der Waals surface area contributed by atoms with E-state index in [1.54, 1.807) is 0 Å². The van der Waals surface area contributed by atoms with Gasteiger partial charge in [-0.2, -0.15) is 0 Å². The van der Waals surface area contributed by atoms with Crippen LogP contribution in [0.3, 0.4) is 0 Å². The van der Waals surface area contributed by atoms with Gasteiger partial charge in [-0.25, -0.2) is 4.98 Å². The molecule has 0 radical (unpaired) electrons. The molecule has 0 saturated carbocycles. The van der Waals surface area contributed by atoms with Crippen LogP contribution in [-0.2, 0) is 11.3 Å². The molecule has 6 heteroatoms. The molecule has 0 fully saturated rings. The Morgan fingerprint density at radius 1 is 1.03 bits per heavy atom. The van der Waals surface area contributed by atoms with Crippen molar-refractivity contribution in [2.75, 3.05) is 23.3 Å². The molecular weight excluding hydrogens is 364 g/mol. The molecule has 1 aromatic heterocycles. The van der Waals surface area contributed by atoms with Crippen LogP contribution in [0.15, 0.2) is 65.7 Å². The standard InChI is InChI=1S/C23H26N4O2/c1-4-26(5-2)20-12-10-19(11-13-20)25-22(28)15-27-16-24-21(14-23(27)29)18-8-6-17(3)7-9-18/h6-14,16H,4-5,15H2,1-3H3,(H,25,28). The Balaban J connectivity index is 1.66. The average molecular weight is 390 g/mol. The second kappa shape index (κ2) is 9.19. The fourth-order valence-corrected chi connectivity index (χ4v) is 3.13. The topological polar surface area (TPSA) is 67.2 Å². The highest BCUT2D eigenvalue weighted by atomic mass is 16.2. The monoisotopic (exact) mass is 390 g/mol. The largest absolute Gasteiger partial charge is 0.372 e. The minimum Gasteiger partial charge on any atom is -0.372 e. The van der Waals surface area contributed by atoms with Crippen LogP contribution in [0, 0.1) is 6.92 Å². The van der Waals surface area contributed by atoms with Crippen molar-refractivity contribution in [3.05, 3.63) is 76.8 Å². The van der Waals surface area contributed by atoms with Crippen molar-refractivity contribution in [3.8, 4) is 11.3 Å². The molecule has 1 heterocycles. The summed E-state index contributed by atoms with van der Waals surface area (Å²) < 4.78 is 1.30. The summed E-state index contributed by atoms with van der Waals surface area (Å²) in [4.78, 5) is 31.3. The van der Waals surface area contributed by atoms with Crippen molar-refractivity contribution in [1.82, 2.24) is 9.55 Å². The second-order valence-corrected chi connectivity index (χ2v) is 6.87. The SMILES string of the molecule is CCN(CC)c1ccc(NC(=O)Cn2cnc(-c3ccc(C)cc3)cc2=O)cc1. The van der Waals surface area contributed by atoms with Gasteiger partial charge in [0.15, 0.2) is 0 Å². The third-order valence-corrected chi connectivity index (χ3v) is 4.82. The van der Waals surface area contributed by atoms with E-state index >= 15 is 0 Å². The Kier molecular flexibility index (Phi) is 6.44. The molecule has 0 atom stereocenters. The predicted molar refractivity (Wildman–Crippen MR) is 117 cm³/mol. The average Bonchev–Trinajstić information content (AvgIpc) is 2.72. The molecule has 0 aliphatic carbocycles. The van der Waals surface area contributed by atoms with Gasteiger partial charge in [-0.1, -0.05) is 29.8 Å². The number of aryl methyl sites for hydroxylation is 1. The van der Waals surface area contributed by atoms with Crippen LogP contribution in [0.25, 0.3) is 11.3 Å². The molecule has 0 aliphatic rings. The number of hydrogen-bond donors (Lipinski definition) is 1. The molecule has 2 aromatic carbocycles. The van der Waals surface area contributed by atoms with E-state index in [-0.39, 0.29) is 18.0 Å². The number of hydrogen-bond acceptors (Lipinski definition) is 4. The van der Waals surface area contributed by atoms with E-state index in [4.69, 9.17) is 0 Å². The van der Waals surface area contributed by atoms with Crippen LogP contribution in [0.4, 0.5) is 11.4 Å². The zero-order chi connectivity index (χ0) is 20.8. The van der Waals surface area contributed by atoms with Gasteiger partial charge < -0.3 is 10.2 Å². The third kappa shape index (κ3) is 5.10. The lowest BCUT2D eigenvalue weighted by molar-refractivity contribution is -0.116. The summed E-state index contributed by atoms with van der Waals surface area (Å²) in [5.41, 5.74) is 4.16. The van der Waals surface area contributed by atoms with Crippen LogP contribution < -0.4 is 15.8 Å². The van der Waals surface area contributed by atoms with Crippen molar-refractivity contribution in [3.63, 3.8) is 0 Å². The van der Waals surface area contributed by atoms with Crippen molar-refractivity contribution in [2.24, 2.45) is 0 Å². The van der Waals surface area contributed by atoms with E-state index in [1.807, 2.05) is 55.5 Å². The van der Waals surface area contributed by atoms with Gasteiger partial charge in [0, 0.05) is 36.1 Å². The Bertz CT molecular complexity index is 1020. The summed E-state index contributed by atoms with van der Waals surface area (Å²) in [6, 6.07) is 16.9. The smallest absolute Gasteiger partial charge is 0.254 e. The number of anilines is 2. The van der Waals surface area contributed by atoms with Gasteiger partial charge in [0.25, 0.3) is 5.56 Å². The second-order valence-electron chi connectivity index (χ2n) is 6.87. The highest BCUT2D eigenvalue weighted by molar-refractivity contribution is 5.90. The van der Waals surface area contributed by atoms with Crippen molar-refractivity contribution >= 4 is 17.3 Å². The molecule has 0 unspecified atom stereocenters. The summed E-state index contributed by atoms with van der Waals surface area (Å²) in [6.07, 6.45) is 1.42. The first-order valence-corrected chi connectivity index (χ1v) is 9.78. The fraction of sp³-hybridized carbons (Fsp3) is 0.261. The third-order valence-electron chi connectivity index (χ3n) is 4.82. The number of aromatic nitrogens is 2. The molecule has 3 rings (SSSR count). The summed E-state index contributed by atoms with van der Waals surface area (Å²) in [5.74, 6) is -0.271. The van der Waals surface area contributed by atoms with E-state index in [2.05, 4.69) is 29.0 Å². The van der Waals surface area contributed by atoms with Gasteiger partial charge in [0.2, 0.25) is 5.91 Å². The first-order valence-electron chi connectivity index (χ1n) is 9.78. The summed E-state index contributed by atoms with van der Waals surface area (Å²) in [6.45, 7) is 7.99. The molecule has 0 aliphatic heterocycles. The van der Waals surface area contributed by atoms with Gasteiger partial charge in [-0.05, 0) is 45.0 Å². The van der Waals surface area contributed by atoms with Crippen LogP contribution in [0.5, 0.6) is 0 Å². The number of amides is 1. The summed E-state index contributed by atoms with van der Waals surface area (Å²) >= 11 is 0. The maximum atomic E-state index is 12.4.